The van der Waals surface area contributed by atoms with E-state index >= 15 is 0 Å². The van der Waals surface area contributed by atoms with Crippen LogP contribution in [0, 0.1) is 0 Å². The topological polar surface area (TPSA) is 48.8 Å². The van der Waals surface area contributed by atoms with Gasteiger partial charge in [-0.15, -0.1) is 0 Å². The van der Waals surface area contributed by atoms with Gasteiger partial charge in [-0.05, 0) is 46.3 Å². The van der Waals surface area contributed by atoms with Crippen LogP contribution in [0.2, 0.25) is 5.02 Å². The first-order valence-electron chi connectivity index (χ1n) is 10.2. The van der Waals surface area contributed by atoms with Crippen molar-refractivity contribution in [2.75, 3.05) is 10.0 Å². The fourth-order valence-corrected chi connectivity index (χ4v) is 6.94. The van der Waals surface area contributed by atoms with Crippen molar-refractivity contribution in [1.29, 1.82) is 0 Å². The van der Waals surface area contributed by atoms with E-state index in [0.717, 1.165) is 11.1 Å². The summed E-state index contributed by atoms with van der Waals surface area (Å²) in [6, 6.07) is 4.13. The van der Waals surface area contributed by atoms with Gasteiger partial charge in [0.25, 0.3) is 5.91 Å². The van der Waals surface area contributed by atoms with Crippen LogP contribution in [0.25, 0.3) is 0 Å². The molecule has 1 aliphatic heterocycles. The summed E-state index contributed by atoms with van der Waals surface area (Å²) in [6.45, 7) is 7.86. The smallest absolute Gasteiger partial charge is 0.266 e. The number of carbonyl (C=O) groups excluding carboxylic acids is 1. The molecule has 2 aromatic rings. The molecule has 0 N–H and O–H groups in total. The number of anilines is 2. The lowest BCUT2D eigenvalue weighted by molar-refractivity contribution is -0.137. The average Bonchev–Trinajstić information content (AvgIpc) is 3.16. The molecule has 1 aromatic carbocycles. The highest BCUT2D eigenvalue weighted by Gasteiger charge is 2.49. The Hall–Kier alpha value is -1.43. The molecule has 1 atom stereocenters. The molecule has 0 saturated carbocycles. The number of benzene rings is 1. The summed E-state index contributed by atoms with van der Waals surface area (Å²) in [5.41, 5.74) is 0.0390. The van der Waals surface area contributed by atoms with Crippen LogP contribution < -0.4 is 10.0 Å². The summed E-state index contributed by atoms with van der Waals surface area (Å²) >= 11 is 13.0. The molecular weight excluding hydrogens is 621 g/mol. The minimum Gasteiger partial charge on any atom is -0.266 e. The molecule has 1 aliphatic rings. The molecule has 1 aromatic heterocycles. The number of carbonyl (C=O) groups is 1. The maximum atomic E-state index is 14.1. The molecule has 0 aliphatic carbocycles. The number of amides is 1. The largest absolute Gasteiger partial charge is 0.414 e. The predicted octanol–water partition coefficient (Wildman–Crippen LogP) is 7.71. The van der Waals surface area contributed by atoms with E-state index in [9.17, 15) is 18.0 Å². The SMILES string of the molecule is CC(C)S(=NC(=O)c1cc(Br)cc(Br)c1N1C(C(F)(F)F)C=CN1c1ncccc1Cl)C(C)C. The van der Waals surface area contributed by atoms with Gasteiger partial charge >= 0.3 is 6.18 Å². The number of nitrogens with zero attached hydrogens (tertiary/aromatic N) is 4. The van der Waals surface area contributed by atoms with Crippen molar-refractivity contribution in [3.05, 3.63) is 62.3 Å². The lowest BCUT2D eigenvalue weighted by Gasteiger charge is -2.37. The van der Waals surface area contributed by atoms with Gasteiger partial charge in [-0.1, -0.05) is 65.9 Å². The van der Waals surface area contributed by atoms with E-state index < -0.39 is 28.8 Å². The molecule has 1 amide bonds. The van der Waals surface area contributed by atoms with E-state index in [4.69, 9.17) is 11.6 Å². The maximum Gasteiger partial charge on any atom is 0.414 e. The summed E-state index contributed by atoms with van der Waals surface area (Å²) in [6.07, 6.45) is -0.962. The van der Waals surface area contributed by atoms with Crippen LogP contribution in [-0.2, 0) is 10.7 Å². The molecular formula is C22H22Br2ClF3N4OS. The van der Waals surface area contributed by atoms with Crippen molar-refractivity contribution in [1.82, 2.24) is 4.98 Å². The quantitative estimate of drug-likeness (QED) is 0.336. The number of halogens is 6. The highest BCUT2D eigenvalue weighted by atomic mass is 79.9. The van der Waals surface area contributed by atoms with Crippen LogP contribution in [-0.4, -0.2) is 33.6 Å². The zero-order valence-corrected chi connectivity index (χ0v) is 23.4. The number of hydrazine groups is 1. The number of aromatic nitrogens is 1. The fraction of sp³-hybridized carbons (Fsp3) is 0.364. The molecule has 3 rings (SSSR count). The molecule has 34 heavy (non-hydrogen) atoms. The fourth-order valence-electron chi connectivity index (χ4n) is 3.53. The third-order valence-electron chi connectivity index (χ3n) is 4.84. The molecule has 0 bridgehead atoms. The zero-order chi connectivity index (χ0) is 25.4. The molecule has 184 valence electrons. The van der Waals surface area contributed by atoms with Crippen molar-refractivity contribution >= 4 is 71.6 Å². The Balaban J connectivity index is 2.26. The van der Waals surface area contributed by atoms with Gasteiger partial charge in [0, 0.05) is 31.8 Å². The molecule has 1 unspecified atom stereocenters. The summed E-state index contributed by atoms with van der Waals surface area (Å²) in [5, 5.41) is 2.53. The van der Waals surface area contributed by atoms with Crippen LogP contribution in [0.3, 0.4) is 0 Å². The van der Waals surface area contributed by atoms with Gasteiger partial charge < -0.3 is 0 Å². The Morgan fingerprint density at radius 3 is 2.41 bits per heavy atom. The number of hydrogen-bond donors (Lipinski definition) is 0. The second kappa shape index (κ2) is 10.7. The van der Waals surface area contributed by atoms with Crippen molar-refractivity contribution in [3.8, 4) is 0 Å². The van der Waals surface area contributed by atoms with E-state index in [1.807, 2.05) is 27.7 Å². The van der Waals surface area contributed by atoms with Crippen LogP contribution in [0.1, 0.15) is 38.1 Å². The third kappa shape index (κ3) is 5.68. The van der Waals surface area contributed by atoms with E-state index in [-0.39, 0.29) is 37.1 Å². The highest BCUT2D eigenvalue weighted by Crippen LogP contribution is 2.44. The van der Waals surface area contributed by atoms with Crippen LogP contribution in [0.15, 0.2) is 56.0 Å². The Bertz CT molecular complexity index is 1150. The van der Waals surface area contributed by atoms with Gasteiger partial charge in [-0.3, -0.25) is 9.80 Å². The van der Waals surface area contributed by atoms with Gasteiger partial charge in [0.2, 0.25) is 0 Å². The van der Waals surface area contributed by atoms with Crippen LogP contribution >= 0.6 is 43.5 Å². The molecule has 12 heteroatoms. The lowest BCUT2D eigenvalue weighted by Crippen LogP contribution is -2.49. The molecule has 0 radical (unpaired) electrons. The second-order valence-electron chi connectivity index (χ2n) is 7.95. The minimum absolute atomic E-state index is 0.0158. The number of pyridine rings is 1. The Morgan fingerprint density at radius 1 is 1.21 bits per heavy atom. The summed E-state index contributed by atoms with van der Waals surface area (Å²) < 4.78 is 47.7. The predicted molar refractivity (Wildman–Crippen MR) is 139 cm³/mol. The van der Waals surface area contributed by atoms with E-state index in [1.165, 1.54) is 29.5 Å². The van der Waals surface area contributed by atoms with E-state index in [0.29, 0.717) is 4.47 Å². The summed E-state index contributed by atoms with van der Waals surface area (Å²) in [7, 11) is -0.614. The summed E-state index contributed by atoms with van der Waals surface area (Å²) in [4.78, 5) is 17.6. The normalized spacial score (nSPS) is 16.3. The second-order valence-corrected chi connectivity index (χ2v) is 12.9. The van der Waals surface area contributed by atoms with Crippen molar-refractivity contribution < 1.29 is 18.0 Å². The van der Waals surface area contributed by atoms with Crippen LogP contribution in [0.5, 0.6) is 0 Å². The minimum atomic E-state index is -4.64. The first kappa shape index (κ1) is 27.2. The average molecular weight is 643 g/mol. The molecule has 2 heterocycles. The Kier molecular flexibility index (Phi) is 8.53. The highest BCUT2D eigenvalue weighted by molar-refractivity contribution is 9.11. The molecule has 5 nitrogen and oxygen atoms in total. The Morgan fingerprint density at radius 2 is 1.85 bits per heavy atom. The van der Waals surface area contributed by atoms with Gasteiger partial charge in [-0.25, -0.2) is 9.99 Å². The third-order valence-corrected chi connectivity index (χ3v) is 8.50. The van der Waals surface area contributed by atoms with Gasteiger partial charge in [-0.2, -0.15) is 17.5 Å². The van der Waals surface area contributed by atoms with Gasteiger partial charge in [0.1, 0.15) is 0 Å². The maximum absolute atomic E-state index is 14.1. The number of hydrogen-bond acceptors (Lipinski definition) is 4. The first-order valence-corrected chi connectivity index (χ1v) is 13.5. The Labute approximate surface area is 220 Å². The van der Waals surface area contributed by atoms with Crippen molar-refractivity contribution in [2.24, 2.45) is 4.36 Å². The van der Waals surface area contributed by atoms with Gasteiger partial charge in [0.15, 0.2) is 11.9 Å². The molecule has 0 spiro atoms. The van der Waals surface area contributed by atoms with Crippen molar-refractivity contribution in [3.63, 3.8) is 0 Å². The van der Waals surface area contributed by atoms with Crippen LogP contribution in [0.4, 0.5) is 24.7 Å². The number of alkyl halides is 3. The standard InChI is InChI=1S/C22H22Br2ClF3N4OS/c1-12(2)34(13(3)4)30-21(33)15-10-14(23)11-16(24)19(15)32-18(22(26,27)28)7-9-31(32)20-17(25)6-5-8-29-20/h5-13,18H,1-4H3. The lowest BCUT2D eigenvalue weighted by atomic mass is 10.1. The zero-order valence-electron chi connectivity index (χ0n) is 18.6. The van der Waals surface area contributed by atoms with E-state index in [2.05, 4.69) is 41.2 Å². The van der Waals surface area contributed by atoms with E-state index in [1.54, 1.807) is 12.1 Å². The van der Waals surface area contributed by atoms with Gasteiger partial charge in [0.05, 0.1) is 16.3 Å². The van der Waals surface area contributed by atoms with Crippen molar-refractivity contribution in [2.45, 2.75) is 50.4 Å². The number of rotatable bonds is 5. The summed E-state index contributed by atoms with van der Waals surface area (Å²) in [5.74, 6) is -0.496. The molecule has 0 saturated heterocycles. The first-order chi connectivity index (χ1) is 15.8. The monoisotopic (exact) mass is 640 g/mol. The molecule has 0 fully saturated rings.